The standard InChI is InChI=1S/C20H21FN4O2/c21-15-5-7-16(8-6-15)24-11-9-23(10-12-24)14-20(27)25-13-19(26)22-17-3-1-2-4-18(17)25/h1-8H,9-14H2,(H,22,26). The average molecular weight is 368 g/mol. The molecule has 0 bridgehead atoms. The molecular weight excluding hydrogens is 347 g/mol. The fourth-order valence-electron chi connectivity index (χ4n) is 3.55. The van der Waals surface area contributed by atoms with Crippen LogP contribution in [0.4, 0.5) is 21.5 Å². The summed E-state index contributed by atoms with van der Waals surface area (Å²) < 4.78 is 13.1. The van der Waals surface area contributed by atoms with E-state index in [-0.39, 0.29) is 30.7 Å². The number of halogens is 1. The molecule has 2 aliphatic heterocycles. The predicted octanol–water partition coefficient (Wildman–Crippen LogP) is 1.93. The summed E-state index contributed by atoms with van der Waals surface area (Å²) in [5.74, 6) is -0.496. The zero-order valence-electron chi connectivity index (χ0n) is 14.9. The normalized spacial score (nSPS) is 17.4. The number of benzene rings is 2. The second kappa shape index (κ2) is 7.36. The molecule has 6 nitrogen and oxygen atoms in total. The predicted molar refractivity (Wildman–Crippen MR) is 102 cm³/mol. The van der Waals surface area contributed by atoms with Gasteiger partial charge in [-0.05, 0) is 36.4 Å². The third-order valence-electron chi connectivity index (χ3n) is 4.99. The fourth-order valence-corrected chi connectivity index (χ4v) is 3.55. The molecule has 140 valence electrons. The molecule has 1 saturated heterocycles. The number of hydrogen-bond acceptors (Lipinski definition) is 4. The van der Waals surface area contributed by atoms with E-state index in [0.717, 1.165) is 37.6 Å². The maximum atomic E-state index is 13.1. The maximum Gasteiger partial charge on any atom is 0.244 e. The van der Waals surface area contributed by atoms with Gasteiger partial charge in [-0.15, -0.1) is 0 Å². The molecule has 2 aromatic carbocycles. The highest BCUT2D eigenvalue weighted by Crippen LogP contribution is 2.29. The van der Waals surface area contributed by atoms with Gasteiger partial charge in [-0.1, -0.05) is 12.1 Å². The Kier molecular flexibility index (Phi) is 4.77. The lowest BCUT2D eigenvalue weighted by Crippen LogP contribution is -2.52. The van der Waals surface area contributed by atoms with E-state index in [2.05, 4.69) is 15.1 Å². The van der Waals surface area contributed by atoms with E-state index in [1.54, 1.807) is 23.1 Å². The number of carbonyl (C=O) groups excluding carboxylic acids is 2. The van der Waals surface area contributed by atoms with E-state index in [4.69, 9.17) is 0 Å². The third-order valence-corrected chi connectivity index (χ3v) is 4.99. The summed E-state index contributed by atoms with van der Waals surface area (Å²) in [5.41, 5.74) is 2.40. The largest absolute Gasteiger partial charge is 0.369 e. The molecule has 0 saturated carbocycles. The second-order valence-corrected chi connectivity index (χ2v) is 6.78. The molecule has 2 aromatic rings. The molecule has 1 fully saturated rings. The maximum absolute atomic E-state index is 13.1. The summed E-state index contributed by atoms with van der Waals surface area (Å²) >= 11 is 0. The second-order valence-electron chi connectivity index (χ2n) is 6.78. The minimum absolute atomic E-state index is 0.0470. The first-order chi connectivity index (χ1) is 13.1. The molecular formula is C20H21FN4O2. The van der Waals surface area contributed by atoms with Gasteiger partial charge in [-0.25, -0.2) is 4.39 Å². The van der Waals surface area contributed by atoms with Gasteiger partial charge in [-0.2, -0.15) is 0 Å². The lowest BCUT2D eigenvalue weighted by atomic mass is 10.2. The van der Waals surface area contributed by atoms with Crippen LogP contribution in [0.25, 0.3) is 0 Å². The number of rotatable bonds is 3. The van der Waals surface area contributed by atoms with Crippen LogP contribution in [0, 0.1) is 5.82 Å². The number of para-hydroxylation sites is 2. The van der Waals surface area contributed by atoms with Crippen LogP contribution in [-0.4, -0.2) is 56.0 Å². The van der Waals surface area contributed by atoms with Crippen molar-refractivity contribution >= 4 is 28.9 Å². The molecule has 0 aliphatic carbocycles. The van der Waals surface area contributed by atoms with Crippen LogP contribution in [0.2, 0.25) is 0 Å². The lowest BCUT2D eigenvalue weighted by molar-refractivity contribution is -0.122. The smallest absolute Gasteiger partial charge is 0.244 e. The van der Waals surface area contributed by atoms with E-state index in [0.29, 0.717) is 5.69 Å². The summed E-state index contributed by atoms with van der Waals surface area (Å²) in [4.78, 5) is 30.6. The van der Waals surface area contributed by atoms with Crippen LogP contribution >= 0.6 is 0 Å². The number of carbonyl (C=O) groups is 2. The van der Waals surface area contributed by atoms with Gasteiger partial charge in [0.25, 0.3) is 0 Å². The topological polar surface area (TPSA) is 55.9 Å². The first kappa shape index (κ1) is 17.5. The highest BCUT2D eigenvalue weighted by Gasteiger charge is 2.28. The molecule has 2 amide bonds. The molecule has 0 atom stereocenters. The monoisotopic (exact) mass is 368 g/mol. The average Bonchev–Trinajstić information content (AvgIpc) is 2.68. The van der Waals surface area contributed by atoms with E-state index in [1.165, 1.54) is 12.1 Å². The Hall–Kier alpha value is -2.93. The van der Waals surface area contributed by atoms with Gasteiger partial charge in [0, 0.05) is 31.9 Å². The SMILES string of the molecule is O=C1CN(C(=O)CN2CCN(c3ccc(F)cc3)CC2)c2ccccc2N1. The molecule has 0 spiro atoms. The zero-order chi connectivity index (χ0) is 18.8. The Morgan fingerprint density at radius 1 is 1.00 bits per heavy atom. The zero-order valence-corrected chi connectivity index (χ0v) is 14.9. The summed E-state index contributed by atoms with van der Waals surface area (Å²) in [5, 5.41) is 2.80. The Balaban J connectivity index is 1.37. The van der Waals surface area contributed by atoms with Crippen LogP contribution in [0.1, 0.15) is 0 Å². The van der Waals surface area contributed by atoms with Gasteiger partial charge in [0.2, 0.25) is 11.8 Å². The van der Waals surface area contributed by atoms with Crippen molar-refractivity contribution in [3.8, 4) is 0 Å². The van der Waals surface area contributed by atoms with Crippen LogP contribution in [0.5, 0.6) is 0 Å². The number of hydrogen-bond donors (Lipinski definition) is 1. The molecule has 2 aliphatic rings. The van der Waals surface area contributed by atoms with Crippen molar-refractivity contribution in [1.82, 2.24) is 4.90 Å². The number of piperazine rings is 1. The minimum atomic E-state index is -0.242. The molecule has 2 heterocycles. The quantitative estimate of drug-likeness (QED) is 0.900. The van der Waals surface area contributed by atoms with Crippen molar-refractivity contribution in [3.63, 3.8) is 0 Å². The van der Waals surface area contributed by atoms with Crippen LogP contribution < -0.4 is 15.1 Å². The van der Waals surface area contributed by atoms with Crippen molar-refractivity contribution < 1.29 is 14.0 Å². The van der Waals surface area contributed by atoms with Gasteiger partial charge >= 0.3 is 0 Å². The molecule has 0 radical (unpaired) electrons. The van der Waals surface area contributed by atoms with Gasteiger partial charge in [0.05, 0.1) is 17.9 Å². The van der Waals surface area contributed by atoms with E-state index in [9.17, 15) is 14.0 Å². The Labute approximate surface area is 157 Å². The highest BCUT2D eigenvalue weighted by atomic mass is 19.1. The number of nitrogens with zero attached hydrogens (tertiary/aromatic N) is 3. The van der Waals surface area contributed by atoms with Crippen molar-refractivity contribution in [2.45, 2.75) is 0 Å². The number of nitrogens with one attached hydrogen (secondary N) is 1. The number of fused-ring (bicyclic) bond motifs is 1. The van der Waals surface area contributed by atoms with Crippen molar-refractivity contribution in [1.29, 1.82) is 0 Å². The number of amides is 2. The summed E-state index contributed by atoms with van der Waals surface area (Å²) in [6, 6.07) is 13.8. The van der Waals surface area contributed by atoms with Gasteiger partial charge in [0.15, 0.2) is 0 Å². The van der Waals surface area contributed by atoms with Gasteiger partial charge in [0.1, 0.15) is 12.4 Å². The van der Waals surface area contributed by atoms with E-state index < -0.39 is 0 Å². The molecule has 27 heavy (non-hydrogen) atoms. The Bertz CT molecular complexity index is 847. The van der Waals surface area contributed by atoms with Crippen molar-refractivity contribution in [2.24, 2.45) is 0 Å². The molecule has 7 heteroatoms. The van der Waals surface area contributed by atoms with Crippen LogP contribution in [0.3, 0.4) is 0 Å². The highest BCUT2D eigenvalue weighted by molar-refractivity contribution is 6.10. The minimum Gasteiger partial charge on any atom is -0.369 e. The molecule has 0 unspecified atom stereocenters. The van der Waals surface area contributed by atoms with E-state index in [1.807, 2.05) is 18.2 Å². The lowest BCUT2D eigenvalue weighted by Gasteiger charge is -2.37. The molecule has 4 rings (SSSR count). The molecule has 0 aromatic heterocycles. The summed E-state index contributed by atoms with van der Waals surface area (Å²) in [6.07, 6.45) is 0. The van der Waals surface area contributed by atoms with Crippen LogP contribution in [-0.2, 0) is 9.59 Å². The first-order valence-corrected chi connectivity index (χ1v) is 9.02. The molecule has 1 N–H and O–H groups in total. The van der Waals surface area contributed by atoms with E-state index >= 15 is 0 Å². The third kappa shape index (κ3) is 3.78. The van der Waals surface area contributed by atoms with Crippen molar-refractivity contribution in [2.75, 3.05) is 54.4 Å². The number of anilines is 3. The Morgan fingerprint density at radius 3 is 2.44 bits per heavy atom. The van der Waals surface area contributed by atoms with Crippen molar-refractivity contribution in [3.05, 3.63) is 54.3 Å². The summed E-state index contributed by atoms with van der Waals surface area (Å²) in [6.45, 7) is 3.35. The van der Waals surface area contributed by atoms with Crippen LogP contribution in [0.15, 0.2) is 48.5 Å². The first-order valence-electron chi connectivity index (χ1n) is 9.02. The van der Waals surface area contributed by atoms with Gasteiger partial charge in [-0.3, -0.25) is 19.4 Å². The van der Waals surface area contributed by atoms with Gasteiger partial charge < -0.3 is 10.2 Å². The Morgan fingerprint density at radius 2 is 1.70 bits per heavy atom. The summed E-state index contributed by atoms with van der Waals surface area (Å²) in [7, 11) is 0. The fraction of sp³-hybridized carbons (Fsp3) is 0.300.